The van der Waals surface area contributed by atoms with Gasteiger partial charge in [-0.25, -0.2) is 9.97 Å². The summed E-state index contributed by atoms with van der Waals surface area (Å²) >= 11 is 6.05. The van der Waals surface area contributed by atoms with Crippen LogP contribution in [0.1, 0.15) is 0 Å². The molecule has 25 nitrogen and oxygen atoms in total. The van der Waals surface area contributed by atoms with E-state index >= 15 is 0 Å². The number of hydrogen-bond acceptors (Lipinski definition) is 21. The van der Waals surface area contributed by atoms with Gasteiger partial charge in [-0.15, -0.1) is 20.5 Å². The van der Waals surface area contributed by atoms with E-state index in [4.69, 9.17) is 23.1 Å². The standard InChI is InChI=1S/C25H20ClN13O12S4/c26-23-33-24(31-19-7-3-13(21(27)29-19)36-38-15-9-11(52(40,41)42)1-5-17(15)54(46,47)48)35-25(34-23)32-20-8-4-14(22(28)30-20)37-39-16-10-12(53(43,44)45)2-6-18(16)55(49,50)51/h1-10H,(H,40,41,42)(H,43,44,45)(H,46,47,48)(H,49,50,51)(H6,27,28,29,30,31,32,33,34,35)/b38-36+,39-37+. The molecule has 5 aromatic rings. The van der Waals surface area contributed by atoms with Gasteiger partial charge < -0.3 is 22.1 Å². The number of halogens is 1. The van der Waals surface area contributed by atoms with Gasteiger partial charge >= 0.3 is 0 Å². The minimum atomic E-state index is -4.89. The average Bonchev–Trinajstić information content (AvgIpc) is 3.05. The van der Waals surface area contributed by atoms with Gasteiger partial charge in [0.15, 0.2) is 11.6 Å². The molecule has 0 aliphatic rings. The third-order valence-corrected chi connectivity index (χ3v) is 10.1. The highest BCUT2D eigenvalue weighted by Gasteiger charge is 2.22. The Hall–Kier alpha value is -5.92. The van der Waals surface area contributed by atoms with Crippen molar-refractivity contribution in [2.45, 2.75) is 19.6 Å². The first-order chi connectivity index (χ1) is 25.5. The second-order valence-electron chi connectivity index (χ2n) is 10.3. The molecule has 0 saturated carbocycles. The summed E-state index contributed by atoms with van der Waals surface area (Å²) in [5.74, 6) is -0.888. The third-order valence-electron chi connectivity index (χ3n) is 6.44. The summed E-state index contributed by atoms with van der Waals surface area (Å²) < 4.78 is 130. The van der Waals surface area contributed by atoms with Crippen LogP contribution < -0.4 is 22.1 Å². The van der Waals surface area contributed by atoms with Crippen molar-refractivity contribution in [1.29, 1.82) is 0 Å². The average molecular weight is 858 g/mol. The second-order valence-corrected chi connectivity index (χ2v) is 16.2. The molecule has 0 atom stereocenters. The topological polar surface area (TPSA) is 407 Å². The van der Waals surface area contributed by atoms with Gasteiger partial charge in [-0.2, -0.15) is 48.6 Å². The summed E-state index contributed by atoms with van der Waals surface area (Å²) in [4.78, 5) is 17.0. The van der Waals surface area contributed by atoms with Crippen molar-refractivity contribution in [2.75, 3.05) is 22.1 Å². The Kier molecular flexibility index (Phi) is 11.0. The van der Waals surface area contributed by atoms with E-state index in [0.29, 0.717) is 24.3 Å². The lowest BCUT2D eigenvalue weighted by atomic mass is 10.3. The highest BCUT2D eigenvalue weighted by atomic mass is 35.5. The maximum Gasteiger partial charge on any atom is 0.296 e. The largest absolute Gasteiger partial charge is 0.382 e. The minimum Gasteiger partial charge on any atom is -0.382 e. The Morgan fingerprint density at radius 2 is 0.855 bits per heavy atom. The summed E-state index contributed by atoms with van der Waals surface area (Å²) in [7, 11) is -19.3. The summed E-state index contributed by atoms with van der Waals surface area (Å²) in [5, 5.41) is 19.9. The van der Waals surface area contributed by atoms with E-state index in [1.165, 1.54) is 24.3 Å². The zero-order valence-electron chi connectivity index (χ0n) is 26.5. The first-order valence-corrected chi connectivity index (χ1v) is 20.1. The van der Waals surface area contributed by atoms with Crippen molar-refractivity contribution in [2.24, 2.45) is 20.5 Å². The van der Waals surface area contributed by atoms with E-state index in [2.05, 4.69) is 56.0 Å². The molecule has 0 spiro atoms. The Bertz CT molecular complexity index is 2690. The van der Waals surface area contributed by atoms with Gasteiger partial charge in [0.25, 0.3) is 40.5 Å². The Morgan fingerprint density at radius 1 is 0.491 bits per heavy atom. The number of rotatable bonds is 12. The van der Waals surface area contributed by atoms with Crippen molar-refractivity contribution in [1.82, 2.24) is 24.9 Å². The number of pyridine rings is 2. The molecule has 10 N–H and O–H groups in total. The molecule has 0 aliphatic carbocycles. The summed E-state index contributed by atoms with van der Waals surface area (Å²) in [6.45, 7) is 0. The van der Waals surface area contributed by atoms with Crippen molar-refractivity contribution < 1.29 is 51.9 Å². The highest BCUT2D eigenvalue weighted by molar-refractivity contribution is 7.87. The fraction of sp³-hybridized carbons (Fsp3) is 0. The van der Waals surface area contributed by atoms with E-state index < -0.39 is 71.4 Å². The predicted octanol–water partition coefficient (Wildman–Crippen LogP) is 3.78. The monoisotopic (exact) mass is 857 g/mol. The number of nitrogens with two attached hydrogens (primary N) is 2. The number of aromatic nitrogens is 5. The molecule has 2 aromatic carbocycles. The van der Waals surface area contributed by atoms with Crippen molar-refractivity contribution in [3.05, 3.63) is 65.9 Å². The zero-order valence-corrected chi connectivity index (χ0v) is 30.5. The molecule has 55 heavy (non-hydrogen) atoms. The quantitative estimate of drug-likeness (QED) is 0.0653. The predicted molar refractivity (Wildman–Crippen MR) is 189 cm³/mol. The maximum absolute atomic E-state index is 11.7. The lowest BCUT2D eigenvalue weighted by Gasteiger charge is -2.09. The molecule has 30 heteroatoms. The van der Waals surface area contributed by atoms with Gasteiger partial charge in [-0.3, -0.25) is 18.2 Å². The van der Waals surface area contributed by atoms with Crippen LogP contribution in [0.15, 0.2) is 101 Å². The molecule has 3 aromatic heterocycles. The van der Waals surface area contributed by atoms with Crippen LogP contribution in [0.3, 0.4) is 0 Å². The van der Waals surface area contributed by atoms with Crippen molar-refractivity contribution in [3.8, 4) is 0 Å². The number of azo groups is 2. The number of benzene rings is 2. The first kappa shape index (κ1) is 40.3. The van der Waals surface area contributed by atoms with Gasteiger partial charge in [0.1, 0.15) is 44.2 Å². The van der Waals surface area contributed by atoms with Crippen LogP contribution in [0, 0.1) is 0 Å². The maximum atomic E-state index is 11.7. The number of nitrogens with one attached hydrogen (secondary N) is 2. The summed E-state index contributed by atoms with van der Waals surface area (Å²) in [6, 6.07) is 9.30. The fourth-order valence-electron chi connectivity index (χ4n) is 4.06. The normalized spacial score (nSPS) is 12.7. The molecule has 0 saturated heterocycles. The van der Waals surface area contributed by atoms with Gasteiger partial charge in [0.2, 0.25) is 17.2 Å². The van der Waals surface area contributed by atoms with Crippen LogP contribution >= 0.6 is 11.6 Å². The first-order valence-electron chi connectivity index (χ1n) is 14.0. The minimum absolute atomic E-state index is 0.0213. The van der Waals surface area contributed by atoms with Crippen LogP contribution in [0.5, 0.6) is 0 Å². The fourth-order valence-corrected chi connectivity index (χ4v) is 6.43. The van der Waals surface area contributed by atoms with E-state index in [-0.39, 0.29) is 51.8 Å². The molecule has 0 aliphatic heterocycles. The molecule has 0 bridgehead atoms. The van der Waals surface area contributed by atoms with Crippen molar-refractivity contribution >= 4 is 110 Å². The van der Waals surface area contributed by atoms with E-state index in [1.54, 1.807) is 0 Å². The summed E-state index contributed by atoms with van der Waals surface area (Å²) in [6.07, 6.45) is 0. The number of nitrogen functional groups attached to an aromatic ring is 2. The van der Waals surface area contributed by atoms with E-state index in [9.17, 15) is 51.9 Å². The Balaban J connectivity index is 1.34. The zero-order chi connectivity index (χ0) is 40.5. The van der Waals surface area contributed by atoms with Gasteiger partial charge in [0, 0.05) is 0 Å². The SMILES string of the molecule is Nc1nc(Nc2nc(Cl)nc(Nc3ccc(/N=N/c4cc(S(=O)(=O)O)ccc4S(=O)(=O)O)c(N)n3)n2)ccc1/N=N/c1cc(S(=O)(=O)O)ccc1S(=O)(=O)O. The Labute approximate surface area is 313 Å². The second kappa shape index (κ2) is 15.1. The lowest BCUT2D eigenvalue weighted by Crippen LogP contribution is -2.06. The van der Waals surface area contributed by atoms with Crippen LogP contribution in [0.25, 0.3) is 0 Å². The molecule has 0 radical (unpaired) electrons. The molecule has 5 rings (SSSR count). The van der Waals surface area contributed by atoms with Crippen LogP contribution in [-0.2, 0) is 40.5 Å². The number of hydrogen-bond donors (Lipinski definition) is 8. The Morgan fingerprint density at radius 3 is 1.18 bits per heavy atom. The van der Waals surface area contributed by atoms with E-state index in [0.717, 1.165) is 12.1 Å². The highest BCUT2D eigenvalue weighted by Crippen LogP contribution is 2.33. The molecule has 0 amide bonds. The molecule has 3 heterocycles. The van der Waals surface area contributed by atoms with Crippen LogP contribution in [0.2, 0.25) is 5.28 Å². The van der Waals surface area contributed by atoms with Crippen LogP contribution in [-0.4, -0.2) is 76.8 Å². The number of nitrogens with zero attached hydrogens (tertiary/aromatic N) is 9. The smallest absolute Gasteiger partial charge is 0.296 e. The van der Waals surface area contributed by atoms with Gasteiger partial charge in [0.05, 0.1) is 9.79 Å². The third kappa shape index (κ3) is 10.2. The van der Waals surface area contributed by atoms with Gasteiger partial charge in [-0.1, -0.05) is 0 Å². The van der Waals surface area contributed by atoms with Gasteiger partial charge in [-0.05, 0) is 72.3 Å². The molecule has 288 valence electrons. The number of anilines is 6. The van der Waals surface area contributed by atoms with E-state index in [1.807, 2.05) is 0 Å². The van der Waals surface area contributed by atoms with Crippen molar-refractivity contribution in [3.63, 3.8) is 0 Å². The lowest BCUT2D eigenvalue weighted by molar-refractivity contribution is 0.478. The molecular weight excluding hydrogens is 838 g/mol. The molecular formula is C25H20ClN13O12S4. The summed E-state index contributed by atoms with van der Waals surface area (Å²) in [5.41, 5.74) is 10.3. The van der Waals surface area contributed by atoms with Crippen LogP contribution in [0.4, 0.5) is 57.9 Å². The molecule has 0 unspecified atom stereocenters. The molecule has 0 fully saturated rings.